The Morgan fingerprint density at radius 3 is 2.21 bits per heavy atom. The third-order valence-corrected chi connectivity index (χ3v) is 3.70. The van der Waals surface area contributed by atoms with Crippen LogP contribution in [0.4, 0.5) is 0 Å². The molecule has 0 aliphatic heterocycles. The molecule has 0 aliphatic carbocycles. The summed E-state index contributed by atoms with van der Waals surface area (Å²) in [5.74, 6) is 0. The van der Waals surface area contributed by atoms with Crippen molar-refractivity contribution < 1.29 is 4.74 Å². The van der Waals surface area contributed by atoms with Crippen LogP contribution in [0, 0.1) is 5.41 Å². The van der Waals surface area contributed by atoms with Gasteiger partial charge in [0.05, 0.1) is 6.61 Å². The fourth-order valence-electron chi connectivity index (χ4n) is 2.29. The van der Waals surface area contributed by atoms with Gasteiger partial charge in [0.15, 0.2) is 0 Å². The quantitative estimate of drug-likeness (QED) is 0.661. The maximum absolute atomic E-state index is 5.20. The highest BCUT2D eigenvalue weighted by molar-refractivity contribution is 4.82. The summed E-state index contributed by atoms with van der Waals surface area (Å²) in [6, 6.07) is 1.16. The lowest BCUT2D eigenvalue weighted by Gasteiger charge is -2.35. The van der Waals surface area contributed by atoms with Gasteiger partial charge in [0.2, 0.25) is 0 Å². The van der Waals surface area contributed by atoms with Gasteiger partial charge in [-0.2, -0.15) is 0 Å². The van der Waals surface area contributed by atoms with Gasteiger partial charge in [-0.15, -0.1) is 0 Å². The van der Waals surface area contributed by atoms with Gasteiger partial charge in [-0.05, 0) is 45.2 Å². The molecule has 0 aromatic carbocycles. The summed E-state index contributed by atoms with van der Waals surface area (Å²) in [4.78, 5) is 2.51. The maximum Gasteiger partial charge on any atom is 0.0589 e. The first kappa shape index (κ1) is 18.9. The predicted molar refractivity (Wildman–Crippen MR) is 84.7 cm³/mol. The molecule has 0 saturated heterocycles. The van der Waals surface area contributed by atoms with Crippen molar-refractivity contribution >= 4 is 0 Å². The fourth-order valence-corrected chi connectivity index (χ4v) is 2.29. The van der Waals surface area contributed by atoms with Gasteiger partial charge >= 0.3 is 0 Å². The van der Waals surface area contributed by atoms with E-state index in [1.54, 1.807) is 7.11 Å². The molecule has 0 amide bonds. The summed E-state index contributed by atoms with van der Waals surface area (Å²) in [6.45, 7) is 17.8. The van der Waals surface area contributed by atoms with Gasteiger partial charge in [0.1, 0.15) is 0 Å². The Morgan fingerprint density at radius 2 is 1.79 bits per heavy atom. The van der Waals surface area contributed by atoms with E-state index in [2.05, 4.69) is 51.8 Å². The van der Waals surface area contributed by atoms with Gasteiger partial charge in [0.25, 0.3) is 0 Å². The number of rotatable bonds is 10. The molecule has 1 atom stereocenters. The minimum atomic E-state index is 0.319. The normalized spacial score (nSPS) is 14.4. The molecule has 116 valence electrons. The Labute approximate surface area is 121 Å². The van der Waals surface area contributed by atoms with E-state index in [-0.39, 0.29) is 0 Å². The molecule has 0 bridgehead atoms. The Bertz CT molecular complexity index is 211. The highest BCUT2D eigenvalue weighted by Crippen LogP contribution is 2.22. The lowest BCUT2D eigenvalue weighted by molar-refractivity contribution is 0.119. The molecule has 3 nitrogen and oxygen atoms in total. The lowest BCUT2D eigenvalue weighted by Crippen LogP contribution is -2.44. The summed E-state index contributed by atoms with van der Waals surface area (Å²) >= 11 is 0. The number of nitrogens with zero attached hydrogens (tertiary/aromatic N) is 1. The van der Waals surface area contributed by atoms with Crippen LogP contribution in [0.3, 0.4) is 0 Å². The highest BCUT2D eigenvalue weighted by atomic mass is 16.5. The molecule has 1 unspecified atom stereocenters. The van der Waals surface area contributed by atoms with E-state index < -0.39 is 0 Å². The van der Waals surface area contributed by atoms with Crippen molar-refractivity contribution in [2.24, 2.45) is 5.41 Å². The highest BCUT2D eigenvalue weighted by Gasteiger charge is 2.24. The average molecular weight is 272 g/mol. The Kier molecular flexibility index (Phi) is 9.67. The Morgan fingerprint density at radius 1 is 1.16 bits per heavy atom. The first-order chi connectivity index (χ1) is 8.82. The molecule has 3 heteroatoms. The number of hydrogen-bond acceptors (Lipinski definition) is 3. The summed E-state index contributed by atoms with van der Waals surface area (Å²) in [7, 11) is 1.78. The van der Waals surface area contributed by atoms with E-state index >= 15 is 0 Å². The van der Waals surface area contributed by atoms with E-state index in [4.69, 9.17) is 4.74 Å². The molecule has 0 aromatic heterocycles. The molecule has 0 aliphatic rings. The predicted octanol–water partition coefficient (Wildman–Crippen LogP) is 3.15. The van der Waals surface area contributed by atoms with Crippen LogP contribution in [0.25, 0.3) is 0 Å². The van der Waals surface area contributed by atoms with E-state index in [0.29, 0.717) is 17.5 Å². The largest absolute Gasteiger partial charge is 0.383 e. The van der Waals surface area contributed by atoms with E-state index in [1.807, 2.05) is 0 Å². The summed E-state index contributed by atoms with van der Waals surface area (Å²) in [6.07, 6.45) is 2.40. The van der Waals surface area contributed by atoms with Crippen LogP contribution in [0.2, 0.25) is 0 Å². The van der Waals surface area contributed by atoms with Crippen LogP contribution in [-0.4, -0.2) is 50.3 Å². The molecule has 1 N–H and O–H groups in total. The number of ether oxygens (including phenoxy) is 1. The van der Waals surface area contributed by atoms with Crippen LogP contribution < -0.4 is 5.32 Å². The van der Waals surface area contributed by atoms with E-state index in [9.17, 15) is 0 Å². The van der Waals surface area contributed by atoms with Crippen LogP contribution in [-0.2, 0) is 4.74 Å². The molecule has 0 rings (SSSR count). The van der Waals surface area contributed by atoms with Crippen molar-refractivity contribution in [3.8, 4) is 0 Å². The van der Waals surface area contributed by atoms with Gasteiger partial charge in [-0.1, -0.05) is 27.7 Å². The zero-order chi connectivity index (χ0) is 14.9. The molecular weight excluding hydrogens is 236 g/mol. The molecule has 0 saturated carbocycles. The van der Waals surface area contributed by atoms with Crippen LogP contribution in [0.5, 0.6) is 0 Å². The van der Waals surface area contributed by atoms with Crippen molar-refractivity contribution in [2.45, 2.75) is 66.5 Å². The smallest absolute Gasteiger partial charge is 0.0589 e. The second kappa shape index (κ2) is 9.73. The molecule has 0 radical (unpaired) electrons. The fraction of sp³-hybridized carbons (Fsp3) is 1.00. The SMILES string of the molecule is CCCNC(CCN(CCOC)C(C)C)C(C)(C)C. The monoisotopic (exact) mass is 272 g/mol. The topological polar surface area (TPSA) is 24.5 Å². The van der Waals surface area contributed by atoms with Crippen molar-refractivity contribution in [2.75, 3.05) is 33.4 Å². The number of nitrogens with one attached hydrogen (secondary N) is 1. The third kappa shape index (κ3) is 8.61. The first-order valence-electron chi connectivity index (χ1n) is 7.79. The molecule has 0 spiro atoms. The lowest BCUT2D eigenvalue weighted by atomic mass is 9.84. The minimum absolute atomic E-state index is 0.319. The summed E-state index contributed by atoms with van der Waals surface area (Å²) in [5, 5.41) is 3.70. The van der Waals surface area contributed by atoms with E-state index in [1.165, 1.54) is 12.8 Å². The second-order valence-electron chi connectivity index (χ2n) is 6.78. The zero-order valence-corrected chi connectivity index (χ0v) is 14.3. The summed E-state index contributed by atoms with van der Waals surface area (Å²) < 4.78 is 5.20. The summed E-state index contributed by atoms with van der Waals surface area (Å²) in [5.41, 5.74) is 0.319. The van der Waals surface area contributed by atoms with Gasteiger partial charge in [-0.3, -0.25) is 4.90 Å². The van der Waals surface area contributed by atoms with E-state index in [0.717, 1.165) is 26.2 Å². The van der Waals surface area contributed by atoms with Crippen molar-refractivity contribution in [1.29, 1.82) is 0 Å². The maximum atomic E-state index is 5.20. The molecule has 0 aromatic rings. The Hall–Kier alpha value is -0.120. The van der Waals surface area contributed by atoms with Crippen LogP contribution in [0.15, 0.2) is 0 Å². The molecule has 19 heavy (non-hydrogen) atoms. The van der Waals surface area contributed by atoms with Crippen molar-refractivity contribution in [3.05, 3.63) is 0 Å². The second-order valence-corrected chi connectivity index (χ2v) is 6.78. The number of hydrogen-bond donors (Lipinski definition) is 1. The minimum Gasteiger partial charge on any atom is -0.383 e. The molecule has 0 heterocycles. The van der Waals surface area contributed by atoms with Crippen molar-refractivity contribution in [1.82, 2.24) is 10.2 Å². The zero-order valence-electron chi connectivity index (χ0n) is 14.3. The van der Waals surface area contributed by atoms with Gasteiger partial charge < -0.3 is 10.1 Å². The average Bonchev–Trinajstić information content (AvgIpc) is 2.30. The van der Waals surface area contributed by atoms with Gasteiger partial charge in [-0.25, -0.2) is 0 Å². The third-order valence-electron chi connectivity index (χ3n) is 3.70. The van der Waals surface area contributed by atoms with Crippen LogP contribution >= 0.6 is 0 Å². The first-order valence-corrected chi connectivity index (χ1v) is 7.79. The Balaban J connectivity index is 4.32. The molecule has 0 fully saturated rings. The molecular formula is C16H36N2O. The van der Waals surface area contributed by atoms with Crippen LogP contribution in [0.1, 0.15) is 54.4 Å². The van der Waals surface area contributed by atoms with Crippen molar-refractivity contribution in [3.63, 3.8) is 0 Å². The number of methoxy groups -OCH3 is 1. The van der Waals surface area contributed by atoms with Gasteiger partial charge in [0, 0.05) is 25.7 Å². The standard InChI is InChI=1S/C16H36N2O/c1-8-10-17-15(16(4,5)6)9-11-18(14(2)3)12-13-19-7/h14-15,17H,8-13H2,1-7H3.